The van der Waals surface area contributed by atoms with Crippen molar-refractivity contribution in [1.29, 1.82) is 0 Å². The van der Waals surface area contributed by atoms with Gasteiger partial charge in [0, 0.05) is 16.1 Å². The number of hydrogen-bond donors (Lipinski definition) is 2. The average molecular weight is 287 g/mol. The summed E-state index contributed by atoms with van der Waals surface area (Å²) in [6.07, 6.45) is 0. The molecule has 2 N–H and O–H groups in total. The molecule has 2 aromatic rings. The van der Waals surface area contributed by atoms with Crippen molar-refractivity contribution >= 4 is 23.4 Å². The van der Waals surface area contributed by atoms with Gasteiger partial charge in [0.25, 0.3) is 5.91 Å². The van der Waals surface area contributed by atoms with Crippen molar-refractivity contribution in [3.63, 3.8) is 0 Å². The molecule has 0 atom stereocenters. The van der Waals surface area contributed by atoms with Gasteiger partial charge in [0.15, 0.2) is 0 Å². The van der Waals surface area contributed by atoms with Gasteiger partial charge in [-0.05, 0) is 47.7 Å². The Morgan fingerprint density at radius 3 is 2.60 bits per heavy atom. The number of anilines is 1. The second-order valence-electron chi connectivity index (χ2n) is 4.27. The van der Waals surface area contributed by atoms with Crippen LogP contribution in [0.4, 0.5) is 5.69 Å². The molecule has 0 aliphatic heterocycles. The molecule has 0 heterocycles. The largest absolute Gasteiger partial charge is 0.392 e. The van der Waals surface area contributed by atoms with Gasteiger partial charge in [0.05, 0.1) is 6.61 Å². The van der Waals surface area contributed by atoms with Crippen LogP contribution in [0.25, 0.3) is 0 Å². The van der Waals surface area contributed by atoms with Gasteiger partial charge in [-0.25, -0.2) is 0 Å². The predicted octanol–water partition coefficient (Wildman–Crippen LogP) is 3.54. The molecule has 0 aliphatic rings. The summed E-state index contributed by atoms with van der Waals surface area (Å²) in [5.74, 6) is 0.868. The first-order valence-electron chi connectivity index (χ1n) is 6.47. The van der Waals surface area contributed by atoms with E-state index in [0.717, 1.165) is 16.2 Å². The zero-order chi connectivity index (χ0) is 14.4. The van der Waals surface area contributed by atoms with Crippen molar-refractivity contribution in [2.24, 2.45) is 0 Å². The first-order valence-corrected chi connectivity index (χ1v) is 7.45. The van der Waals surface area contributed by atoms with Crippen molar-refractivity contribution in [1.82, 2.24) is 0 Å². The highest BCUT2D eigenvalue weighted by atomic mass is 32.2. The molecule has 2 aromatic carbocycles. The molecule has 1 amide bonds. The van der Waals surface area contributed by atoms with E-state index in [1.54, 1.807) is 23.9 Å². The van der Waals surface area contributed by atoms with E-state index >= 15 is 0 Å². The van der Waals surface area contributed by atoms with E-state index in [-0.39, 0.29) is 12.5 Å². The van der Waals surface area contributed by atoms with Crippen LogP contribution in [0.2, 0.25) is 0 Å². The van der Waals surface area contributed by atoms with Crippen molar-refractivity contribution in [2.45, 2.75) is 18.4 Å². The number of hydrogen-bond acceptors (Lipinski definition) is 3. The Labute approximate surface area is 123 Å². The minimum Gasteiger partial charge on any atom is -0.392 e. The highest BCUT2D eigenvalue weighted by molar-refractivity contribution is 7.99. The van der Waals surface area contributed by atoms with E-state index in [4.69, 9.17) is 5.11 Å². The summed E-state index contributed by atoms with van der Waals surface area (Å²) in [6.45, 7) is 2.06. The van der Waals surface area contributed by atoms with Crippen LogP contribution >= 0.6 is 11.8 Å². The zero-order valence-corrected chi connectivity index (χ0v) is 12.1. The fourth-order valence-corrected chi connectivity index (χ4v) is 2.48. The maximum atomic E-state index is 12.1. The van der Waals surface area contributed by atoms with Gasteiger partial charge in [-0.3, -0.25) is 4.79 Å². The van der Waals surface area contributed by atoms with E-state index in [1.807, 2.05) is 36.4 Å². The van der Waals surface area contributed by atoms with Crippen LogP contribution in [-0.2, 0) is 6.61 Å². The Morgan fingerprint density at radius 1 is 1.20 bits per heavy atom. The van der Waals surface area contributed by atoms with Crippen molar-refractivity contribution in [3.8, 4) is 0 Å². The standard InChI is InChI=1S/C16H17NO2S/c1-2-20-15-8-6-13(7-9-15)16(19)17-14-5-3-4-12(10-14)11-18/h3-10,18H,2,11H2,1H3,(H,17,19). The summed E-state index contributed by atoms with van der Waals surface area (Å²) in [7, 11) is 0. The molecule has 0 radical (unpaired) electrons. The summed E-state index contributed by atoms with van der Waals surface area (Å²) in [6, 6.07) is 14.7. The summed E-state index contributed by atoms with van der Waals surface area (Å²) >= 11 is 1.75. The number of rotatable bonds is 5. The topological polar surface area (TPSA) is 49.3 Å². The highest BCUT2D eigenvalue weighted by Crippen LogP contribution is 2.18. The van der Waals surface area contributed by atoms with Crippen LogP contribution in [0.3, 0.4) is 0 Å². The molecule has 104 valence electrons. The van der Waals surface area contributed by atoms with E-state index in [0.29, 0.717) is 11.3 Å². The van der Waals surface area contributed by atoms with E-state index in [1.165, 1.54) is 0 Å². The lowest BCUT2D eigenvalue weighted by Crippen LogP contribution is -2.11. The summed E-state index contributed by atoms with van der Waals surface area (Å²) < 4.78 is 0. The second-order valence-corrected chi connectivity index (χ2v) is 5.61. The SMILES string of the molecule is CCSc1ccc(C(=O)Nc2cccc(CO)c2)cc1. The number of benzene rings is 2. The van der Waals surface area contributed by atoms with Crippen LogP contribution in [0.1, 0.15) is 22.8 Å². The van der Waals surface area contributed by atoms with Gasteiger partial charge in [0.2, 0.25) is 0 Å². The molecule has 4 heteroatoms. The average Bonchev–Trinajstić information content (AvgIpc) is 2.48. The number of amides is 1. The fourth-order valence-electron chi connectivity index (χ4n) is 1.82. The number of carbonyl (C=O) groups is 1. The minimum atomic E-state index is -0.145. The van der Waals surface area contributed by atoms with Crippen LogP contribution in [0.5, 0.6) is 0 Å². The number of aliphatic hydroxyl groups is 1. The molecule has 0 saturated heterocycles. The molecule has 2 rings (SSSR count). The van der Waals surface area contributed by atoms with E-state index in [9.17, 15) is 4.79 Å². The maximum Gasteiger partial charge on any atom is 0.255 e. The molecule has 0 saturated carbocycles. The van der Waals surface area contributed by atoms with Gasteiger partial charge < -0.3 is 10.4 Å². The minimum absolute atomic E-state index is 0.0351. The molecule has 0 spiro atoms. The van der Waals surface area contributed by atoms with Gasteiger partial charge in [-0.2, -0.15) is 0 Å². The molecule has 0 aromatic heterocycles. The van der Waals surface area contributed by atoms with Gasteiger partial charge in [-0.15, -0.1) is 11.8 Å². The molecule has 3 nitrogen and oxygen atoms in total. The van der Waals surface area contributed by atoms with Gasteiger partial charge in [0.1, 0.15) is 0 Å². The molecular weight excluding hydrogens is 270 g/mol. The van der Waals surface area contributed by atoms with Gasteiger partial charge >= 0.3 is 0 Å². The Balaban J connectivity index is 2.07. The Bertz CT molecular complexity index is 581. The monoisotopic (exact) mass is 287 g/mol. The fraction of sp³-hybridized carbons (Fsp3) is 0.188. The van der Waals surface area contributed by atoms with E-state index in [2.05, 4.69) is 12.2 Å². The Hall–Kier alpha value is -1.78. The first kappa shape index (κ1) is 14.6. The second kappa shape index (κ2) is 7.12. The third-order valence-electron chi connectivity index (χ3n) is 2.79. The first-order chi connectivity index (χ1) is 9.72. The van der Waals surface area contributed by atoms with Crippen molar-refractivity contribution in [2.75, 3.05) is 11.1 Å². The predicted molar refractivity (Wildman–Crippen MR) is 83.2 cm³/mol. The third-order valence-corrected chi connectivity index (χ3v) is 3.69. The van der Waals surface area contributed by atoms with E-state index < -0.39 is 0 Å². The number of nitrogens with one attached hydrogen (secondary N) is 1. The van der Waals surface area contributed by atoms with Gasteiger partial charge in [-0.1, -0.05) is 19.1 Å². The number of carbonyl (C=O) groups excluding carboxylic acids is 1. The molecule has 0 bridgehead atoms. The molecule has 20 heavy (non-hydrogen) atoms. The normalized spacial score (nSPS) is 10.3. The van der Waals surface area contributed by atoms with Crippen LogP contribution < -0.4 is 5.32 Å². The van der Waals surface area contributed by atoms with Crippen molar-refractivity contribution in [3.05, 3.63) is 59.7 Å². The molecule has 0 aliphatic carbocycles. The molecule has 0 unspecified atom stereocenters. The Morgan fingerprint density at radius 2 is 1.95 bits per heavy atom. The lowest BCUT2D eigenvalue weighted by Gasteiger charge is -2.07. The third kappa shape index (κ3) is 3.85. The van der Waals surface area contributed by atoms with Crippen LogP contribution in [0, 0.1) is 0 Å². The summed E-state index contributed by atoms with van der Waals surface area (Å²) in [5.41, 5.74) is 2.09. The number of aliphatic hydroxyl groups excluding tert-OH is 1. The number of thioether (sulfide) groups is 1. The highest BCUT2D eigenvalue weighted by Gasteiger charge is 2.06. The lowest BCUT2D eigenvalue weighted by molar-refractivity contribution is 0.102. The van der Waals surface area contributed by atoms with Crippen molar-refractivity contribution < 1.29 is 9.90 Å². The molecular formula is C16H17NO2S. The summed E-state index contributed by atoms with van der Waals surface area (Å²) in [4.78, 5) is 13.3. The smallest absolute Gasteiger partial charge is 0.255 e. The quantitative estimate of drug-likeness (QED) is 0.827. The zero-order valence-electron chi connectivity index (χ0n) is 11.3. The Kier molecular flexibility index (Phi) is 5.21. The molecule has 0 fully saturated rings. The summed E-state index contributed by atoms with van der Waals surface area (Å²) in [5, 5.41) is 11.9. The maximum absolute atomic E-state index is 12.1. The lowest BCUT2D eigenvalue weighted by atomic mass is 10.2. The van der Waals surface area contributed by atoms with Crippen LogP contribution in [0.15, 0.2) is 53.4 Å². The van der Waals surface area contributed by atoms with Crippen LogP contribution in [-0.4, -0.2) is 16.8 Å².